The average molecular weight is 723 g/mol. The minimum Gasteiger partial charge on any atom is -0.382 e. The molecule has 4 atom stereocenters. The first-order chi connectivity index (χ1) is 17.7. The summed E-state index contributed by atoms with van der Waals surface area (Å²) in [5.74, 6) is 0. The third-order valence-corrected chi connectivity index (χ3v) is 4.92. The molecule has 0 aliphatic carbocycles. The monoisotopic (exact) mass is 723 g/mol. The molecule has 4 unspecified atom stereocenters. The maximum Gasteiger partial charge on any atom is 0.115 e. The molecule has 0 bridgehead atoms. The molecule has 0 aliphatic heterocycles. The van der Waals surface area contributed by atoms with E-state index in [4.69, 9.17) is 56.8 Å². The topological polar surface area (TPSA) is 111 Å². The molecule has 0 spiro atoms. The zero-order chi connectivity index (χ0) is 26.7. The fraction of sp³-hybridized carbons (Fsp3) is 1.00. The third-order valence-electron chi connectivity index (χ3n) is 4.92. The normalized spacial score (nSPS) is 11.4. The molecule has 0 aromatic rings. The highest BCUT2D eigenvalue weighted by Gasteiger charge is 2.38. The quantitative estimate of drug-likeness (QED) is 0.0697. The summed E-state index contributed by atoms with van der Waals surface area (Å²) < 4.78 is 67.5. The Morgan fingerprint density at radius 3 is 0.708 bits per heavy atom. The summed E-state index contributed by atoms with van der Waals surface area (Å²) in [4.78, 5) is 0. The Labute approximate surface area is 305 Å². The molecule has 0 rings (SSSR count). The summed E-state index contributed by atoms with van der Waals surface area (Å²) in [6.45, 7) is 5.24. The average Bonchev–Trinajstić information content (AvgIpc) is 2.88. The first-order valence-corrected chi connectivity index (χ1v) is 12.3. The van der Waals surface area contributed by atoms with E-state index in [0.29, 0.717) is 79.3 Å². The van der Waals surface area contributed by atoms with Gasteiger partial charge < -0.3 is 56.8 Å². The Hall–Kier alpha value is -0.480. The van der Waals surface area contributed by atoms with Crippen molar-refractivity contribution in [2.45, 2.75) is 114 Å². The molecule has 0 fully saturated rings. The molecular formula is C36H98O12. The minimum absolute atomic E-state index is 0. The van der Waals surface area contributed by atoms with Crippen molar-refractivity contribution in [2.24, 2.45) is 0 Å². The van der Waals surface area contributed by atoms with E-state index in [-0.39, 0.29) is 102 Å². The Bertz CT molecular complexity index is 400. The Morgan fingerprint density at radius 2 is 0.479 bits per heavy atom. The first-order valence-electron chi connectivity index (χ1n) is 12.3. The fourth-order valence-corrected chi connectivity index (χ4v) is 3.09. The lowest BCUT2D eigenvalue weighted by molar-refractivity contribution is -0.204. The smallest absolute Gasteiger partial charge is 0.115 e. The largest absolute Gasteiger partial charge is 0.382 e. The van der Waals surface area contributed by atoms with Crippen LogP contribution in [-0.4, -0.2) is 160 Å². The van der Waals surface area contributed by atoms with Gasteiger partial charge >= 0.3 is 0 Å². The summed E-state index contributed by atoms with van der Waals surface area (Å²) >= 11 is 0. The molecule has 314 valence electrons. The van der Waals surface area contributed by atoms with Gasteiger partial charge in [0.2, 0.25) is 0 Å². The minimum atomic E-state index is -0.574. The van der Waals surface area contributed by atoms with Crippen molar-refractivity contribution in [1.29, 1.82) is 0 Å². The van der Waals surface area contributed by atoms with Crippen molar-refractivity contribution in [3.05, 3.63) is 0 Å². The maximum atomic E-state index is 6.28. The van der Waals surface area contributed by atoms with Crippen LogP contribution in [0.25, 0.3) is 0 Å². The van der Waals surface area contributed by atoms with Gasteiger partial charge in [-0.05, 0) is 0 Å². The molecule has 0 saturated heterocycles. The second-order valence-electron chi connectivity index (χ2n) is 7.60. The van der Waals surface area contributed by atoms with E-state index >= 15 is 0 Å². The van der Waals surface area contributed by atoms with Gasteiger partial charge in [-0.3, -0.25) is 0 Å². The van der Waals surface area contributed by atoms with Crippen LogP contribution < -0.4 is 0 Å². The molecule has 48 heavy (non-hydrogen) atoms. The van der Waals surface area contributed by atoms with Crippen LogP contribution in [-0.2, 0) is 56.8 Å². The van der Waals surface area contributed by atoms with Gasteiger partial charge in [-0.25, -0.2) is 0 Å². The highest BCUT2D eigenvalue weighted by molar-refractivity contribution is 4.87. The summed E-state index contributed by atoms with van der Waals surface area (Å²) in [6, 6.07) is 0. The molecular weight excluding hydrogens is 624 g/mol. The van der Waals surface area contributed by atoms with Gasteiger partial charge in [0.25, 0.3) is 0 Å². The van der Waals surface area contributed by atoms with Gasteiger partial charge in [0.1, 0.15) is 24.4 Å². The molecule has 0 amide bonds. The lowest BCUT2D eigenvalue weighted by Gasteiger charge is -2.37. The third kappa shape index (κ3) is 47.6. The second kappa shape index (κ2) is 68.5. The standard InChI is InChI=1S/C24H50O12.12CH4/c1-25-7-13-31-19-21(33-15-9-27-3)23(35-17-11-29-5)24(36-18-12-30-6)22(34-16-10-28-4)20-32-14-8-26-2;;;;;;;;;;;;/h21-24H,7-20H2,1-6H3;12*1H4. The molecule has 0 N–H and O–H groups in total. The van der Waals surface area contributed by atoms with Crippen LogP contribution in [0.15, 0.2) is 0 Å². The van der Waals surface area contributed by atoms with Crippen LogP contribution >= 0.6 is 0 Å². The predicted molar refractivity (Wildman–Crippen MR) is 213 cm³/mol. The zero-order valence-corrected chi connectivity index (χ0v) is 23.1. The molecule has 12 heteroatoms. The van der Waals surface area contributed by atoms with E-state index in [1.807, 2.05) is 0 Å². The van der Waals surface area contributed by atoms with Crippen LogP contribution in [0.1, 0.15) is 89.1 Å². The summed E-state index contributed by atoms with van der Waals surface area (Å²) in [5, 5.41) is 0. The number of hydrogen-bond donors (Lipinski definition) is 0. The number of methoxy groups -OCH3 is 6. The lowest BCUT2D eigenvalue weighted by Crippen LogP contribution is -2.53. The summed E-state index contributed by atoms with van der Waals surface area (Å²) in [7, 11) is 9.72. The van der Waals surface area contributed by atoms with Gasteiger partial charge in [0, 0.05) is 42.7 Å². The molecule has 0 saturated carbocycles. The van der Waals surface area contributed by atoms with E-state index in [1.165, 1.54) is 0 Å². The number of hydrogen-bond acceptors (Lipinski definition) is 12. The lowest BCUT2D eigenvalue weighted by atomic mass is 10.0. The maximum absolute atomic E-state index is 6.28. The van der Waals surface area contributed by atoms with Crippen molar-refractivity contribution >= 4 is 0 Å². The van der Waals surface area contributed by atoms with Gasteiger partial charge in [0.15, 0.2) is 0 Å². The van der Waals surface area contributed by atoms with Crippen LogP contribution in [0.4, 0.5) is 0 Å². The van der Waals surface area contributed by atoms with Crippen molar-refractivity contribution in [2.75, 3.05) is 135 Å². The van der Waals surface area contributed by atoms with Crippen molar-refractivity contribution in [3.63, 3.8) is 0 Å². The molecule has 0 radical (unpaired) electrons. The van der Waals surface area contributed by atoms with E-state index < -0.39 is 24.4 Å². The van der Waals surface area contributed by atoms with Crippen LogP contribution in [0.2, 0.25) is 0 Å². The molecule has 0 aromatic heterocycles. The SMILES string of the molecule is C.C.C.C.C.C.C.C.C.C.C.C.COCCOCC(OCCOC)C(OCCOC)C(OCCOC)C(COCCOC)OCCOC. The highest BCUT2D eigenvalue weighted by Crippen LogP contribution is 2.20. The van der Waals surface area contributed by atoms with E-state index in [2.05, 4.69) is 0 Å². The van der Waals surface area contributed by atoms with Crippen molar-refractivity contribution in [3.8, 4) is 0 Å². The van der Waals surface area contributed by atoms with Crippen LogP contribution in [0.5, 0.6) is 0 Å². The van der Waals surface area contributed by atoms with E-state index in [0.717, 1.165) is 0 Å². The van der Waals surface area contributed by atoms with E-state index in [9.17, 15) is 0 Å². The molecule has 12 nitrogen and oxygen atoms in total. The Kier molecular flexibility index (Phi) is 123. The van der Waals surface area contributed by atoms with Gasteiger partial charge in [-0.15, -0.1) is 0 Å². The fourth-order valence-electron chi connectivity index (χ4n) is 3.09. The zero-order valence-electron chi connectivity index (χ0n) is 23.1. The van der Waals surface area contributed by atoms with Crippen molar-refractivity contribution in [1.82, 2.24) is 0 Å². The Morgan fingerprint density at radius 1 is 0.271 bits per heavy atom. The van der Waals surface area contributed by atoms with Crippen LogP contribution in [0, 0.1) is 0 Å². The summed E-state index contributed by atoms with van der Waals surface area (Å²) in [5.41, 5.74) is 0. The predicted octanol–water partition coefficient (Wildman–Crippen LogP) is 8.07. The molecule has 0 aromatic carbocycles. The molecule has 0 heterocycles. The summed E-state index contributed by atoms with van der Waals surface area (Å²) in [6.07, 6.45) is -2.13. The molecule has 0 aliphatic rings. The van der Waals surface area contributed by atoms with Crippen molar-refractivity contribution < 1.29 is 56.8 Å². The number of ether oxygens (including phenoxy) is 12. The Balaban J connectivity index is -0.0000000928. The second-order valence-corrected chi connectivity index (χ2v) is 7.60. The van der Waals surface area contributed by atoms with Gasteiger partial charge in [-0.1, -0.05) is 89.1 Å². The van der Waals surface area contributed by atoms with Gasteiger partial charge in [-0.2, -0.15) is 0 Å². The van der Waals surface area contributed by atoms with E-state index in [1.54, 1.807) is 42.7 Å². The first kappa shape index (κ1) is 86.3. The highest BCUT2D eigenvalue weighted by atomic mass is 16.6. The van der Waals surface area contributed by atoms with Crippen LogP contribution in [0.3, 0.4) is 0 Å². The van der Waals surface area contributed by atoms with Gasteiger partial charge in [0.05, 0.1) is 92.5 Å². The number of rotatable bonds is 29.